The first-order valence-corrected chi connectivity index (χ1v) is 7.36. The van der Waals surface area contributed by atoms with Crippen LogP contribution in [0.25, 0.3) is 0 Å². The van der Waals surface area contributed by atoms with E-state index < -0.39 is 0 Å². The number of likely N-dealkylation sites (N-methyl/N-ethyl adjacent to an activating group) is 1. The van der Waals surface area contributed by atoms with E-state index in [1.54, 1.807) is 7.11 Å². The third-order valence-corrected chi connectivity index (χ3v) is 3.43. The Morgan fingerprint density at radius 1 is 1.44 bits per heavy atom. The molecule has 0 spiro atoms. The van der Waals surface area contributed by atoms with Gasteiger partial charge in [-0.1, -0.05) is 25.9 Å². The summed E-state index contributed by atoms with van der Waals surface area (Å²) >= 11 is 1.81. The van der Waals surface area contributed by atoms with E-state index in [-0.39, 0.29) is 6.04 Å². The summed E-state index contributed by atoms with van der Waals surface area (Å²) in [5, 5.41) is 7.90. The van der Waals surface area contributed by atoms with Crippen molar-refractivity contribution < 1.29 is 9.26 Å². The molecule has 0 fully saturated rings. The van der Waals surface area contributed by atoms with Crippen LogP contribution < -0.4 is 5.32 Å². The molecule has 0 amide bonds. The number of aromatic nitrogens is 2. The maximum absolute atomic E-state index is 5.25. The Hall–Kier alpha value is -0.590. The summed E-state index contributed by atoms with van der Waals surface area (Å²) in [7, 11) is 1.70. The van der Waals surface area contributed by atoms with Gasteiger partial charge in [0, 0.05) is 19.6 Å². The van der Waals surface area contributed by atoms with Crippen molar-refractivity contribution in [2.45, 2.75) is 44.2 Å². The summed E-state index contributed by atoms with van der Waals surface area (Å²) in [6, 6.07) is 0.228. The molecule has 1 N–H and O–H groups in total. The normalized spacial score (nSPS) is 13.2. The molecule has 0 bridgehead atoms. The molecular formula is C12H23N3O2S. The fourth-order valence-corrected chi connectivity index (χ4v) is 2.16. The van der Waals surface area contributed by atoms with Gasteiger partial charge in [0.15, 0.2) is 5.82 Å². The highest BCUT2D eigenvalue weighted by Gasteiger charge is 2.14. The van der Waals surface area contributed by atoms with Gasteiger partial charge in [0.05, 0.1) is 12.4 Å². The lowest BCUT2D eigenvalue weighted by Gasteiger charge is -2.14. The lowest BCUT2D eigenvalue weighted by atomic mass is 10.2. The van der Waals surface area contributed by atoms with Crippen molar-refractivity contribution in [2.75, 3.05) is 20.3 Å². The first-order chi connectivity index (χ1) is 8.65. The Morgan fingerprint density at radius 2 is 2.22 bits per heavy atom. The summed E-state index contributed by atoms with van der Waals surface area (Å²) in [5.41, 5.74) is 0. The quantitative estimate of drug-likeness (QED) is 0.741. The Bertz CT molecular complexity index is 325. The number of hydrogen-bond donors (Lipinski definition) is 1. The second-order valence-electron chi connectivity index (χ2n) is 4.38. The Balaban J connectivity index is 2.45. The van der Waals surface area contributed by atoms with Crippen LogP contribution in [0.3, 0.4) is 0 Å². The summed E-state index contributed by atoms with van der Waals surface area (Å²) in [6.45, 7) is 7.93. The van der Waals surface area contributed by atoms with Crippen LogP contribution in [0.2, 0.25) is 0 Å². The lowest BCUT2D eigenvalue weighted by Crippen LogP contribution is -2.35. The van der Waals surface area contributed by atoms with Crippen molar-refractivity contribution in [1.82, 2.24) is 15.5 Å². The molecule has 0 aliphatic carbocycles. The number of thioether (sulfide) groups is 1. The lowest BCUT2D eigenvalue weighted by molar-refractivity contribution is 0.162. The van der Waals surface area contributed by atoms with E-state index in [1.165, 1.54) is 0 Å². The average molecular weight is 273 g/mol. The van der Waals surface area contributed by atoms with Gasteiger partial charge < -0.3 is 14.6 Å². The zero-order valence-corrected chi connectivity index (χ0v) is 12.4. The van der Waals surface area contributed by atoms with Crippen molar-refractivity contribution in [3.63, 3.8) is 0 Å². The van der Waals surface area contributed by atoms with Crippen LogP contribution in [0, 0.1) is 0 Å². The van der Waals surface area contributed by atoms with Gasteiger partial charge in [-0.15, -0.1) is 0 Å². The van der Waals surface area contributed by atoms with Crippen LogP contribution in [-0.4, -0.2) is 41.7 Å². The molecule has 1 aromatic rings. The first kappa shape index (κ1) is 15.5. The van der Waals surface area contributed by atoms with Crippen molar-refractivity contribution >= 4 is 11.8 Å². The average Bonchev–Trinajstić information content (AvgIpc) is 2.75. The molecule has 0 radical (unpaired) electrons. The van der Waals surface area contributed by atoms with E-state index in [1.807, 2.05) is 11.8 Å². The maximum atomic E-state index is 5.25. The number of nitrogens with one attached hydrogen (secondary N) is 1. The summed E-state index contributed by atoms with van der Waals surface area (Å²) in [4.78, 5) is 4.39. The molecule has 0 saturated carbocycles. The largest absolute Gasteiger partial charge is 0.383 e. The molecule has 6 heteroatoms. The van der Waals surface area contributed by atoms with E-state index in [0.717, 1.165) is 18.1 Å². The Kier molecular flexibility index (Phi) is 7.31. The van der Waals surface area contributed by atoms with E-state index >= 15 is 0 Å². The number of rotatable bonds is 9. The van der Waals surface area contributed by atoms with Gasteiger partial charge in [-0.3, -0.25) is 0 Å². The molecule has 1 unspecified atom stereocenters. The number of ether oxygens (including phenoxy) is 1. The molecule has 0 aliphatic rings. The molecule has 0 saturated heterocycles. The minimum atomic E-state index is 0.228. The molecule has 1 heterocycles. The Morgan fingerprint density at radius 3 is 2.83 bits per heavy atom. The van der Waals surface area contributed by atoms with Crippen molar-refractivity contribution in [1.29, 1.82) is 0 Å². The first-order valence-electron chi connectivity index (χ1n) is 6.31. The highest BCUT2D eigenvalue weighted by atomic mass is 32.2. The third-order valence-electron chi connectivity index (χ3n) is 2.34. The standard InChI is InChI=1S/C12H23N3O2S/c1-5-13-10(7-16-4)6-12-14-11(15-17-12)8-18-9(2)3/h9-10,13H,5-8H2,1-4H3. The van der Waals surface area contributed by atoms with Gasteiger partial charge in [0.2, 0.25) is 5.89 Å². The van der Waals surface area contributed by atoms with Crippen molar-refractivity contribution in [3.8, 4) is 0 Å². The summed E-state index contributed by atoms with van der Waals surface area (Å²) < 4.78 is 10.4. The highest BCUT2D eigenvalue weighted by molar-refractivity contribution is 7.99. The molecule has 104 valence electrons. The molecule has 0 aliphatic heterocycles. The minimum absolute atomic E-state index is 0.228. The third kappa shape index (κ3) is 5.84. The van der Waals surface area contributed by atoms with Crippen molar-refractivity contribution in [3.05, 3.63) is 11.7 Å². The van der Waals surface area contributed by atoms with Gasteiger partial charge in [0.25, 0.3) is 0 Å². The molecule has 1 aromatic heterocycles. The molecule has 1 rings (SSSR count). The van der Waals surface area contributed by atoms with E-state index in [2.05, 4.69) is 36.2 Å². The van der Waals surface area contributed by atoms with Crippen LogP contribution in [0.1, 0.15) is 32.5 Å². The molecule has 18 heavy (non-hydrogen) atoms. The summed E-state index contributed by atoms with van der Waals surface area (Å²) in [5.74, 6) is 2.26. The molecule has 1 atom stereocenters. The Labute approximate surface area is 113 Å². The monoisotopic (exact) mass is 273 g/mol. The second-order valence-corrected chi connectivity index (χ2v) is 5.94. The highest BCUT2D eigenvalue weighted by Crippen LogP contribution is 2.15. The maximum Gasteiger partial charge on any atom is 0.228 e. The number of nitrogens with zero attached hydrogens (tertiary/aromatic N) is 2. The number of hydrogen-bond acceptors (Lipinski definition) is 6. The van der Waals surface area contributed by atoms with Gasteiger partial charge in [-0.2, -0.15) is 16.7 Å². The zero-order valence-electron chi connectivity index (χ0n) is 11.6. The SMILES string of the molecule is CCNC(COC)Cc1nc(CSC(C)C)no1. The summed E-state index contributed by atoms with van der Waals surface area (Å²) in [6.07, 6.45) is 0.709. The minimum Gasteiger partial charge on any atom is -0.383 e. The fourth-order valence-electron chi connectivity index (χ4n) is 1.56. The molecule has 0 aromatic carbocycles. The second kappa shape index (κ2) is 8.50. The van der Waals surface area contributed by atoms with Crippen LogP contribution in [0.15, 0.2) is 4.52 Å². The smallest absolute Gasteiger partial charge is 0.228 e. The molecule has 5 nitrogen and oxygen atoms in total. The predicted molar refractivity (Wildman–Crippen MR) is 73.8 cm³/mol. The van der Waals surface area contributed by atoms with E-state index in [9.17, 15) is 0 Å². The van der Waals surface area contributed by atoms with Gasteiger partial charge >= 0.3 is 0 Å². The van der Waals surface area contributed by atoms with Crippen LogP contribution in [0.5, 0.6) is 0 Å². The number of methoxy groups -OCH3 is 1. The van der Waals surface area contributed by atoms with Crippen LogP contribution >= 0.6 is 11.8 Å². The topological polar surface area (TPSA) is 60.2 Å². The van der Waals surface area contributed by atoms with Crippen LogP contribution in [-0.2, 0) is 16.9 Å². The van der Waals surface area contributed by atoms with Gasteiger partial charge in [-0.25, -0.2) is 0 Å². The van der Waals surface area contributed by atoms with Crippen LogP contribution in [0.4, 0.5) is 0 Å². The van der Waals surface area contributed by atoms with E-state index in [4.69, 9.17) is 9.26 Å². The van der Waals surface area contributed by atoms with Gasteiger partial charge in [0.1, 0.15) is 0 Å². The van der Waals surface area contributed by atoms with Crippen molar-refractivity contribution in [2.24, 2.45) is 0 Å². The predicted octanol–water partition coefficient (Wildman–Crippen LogP) is 1.88. The fraction of sp³-hybridized carbons (Fsp3) is 0.833. The zero-order chi connectivity index (χ0) is 13.4. The van der Waals surface area contributed by atoms with Gasteiger partial charge in [-0.05, 0) is 11.8 Å². The van der Waals surface area contributed by atoms with E-state index in [0.29, 0.717) is 24.2 Å². The molecular weight excluding hydrogens is 250 g/mol.